The highest BCUT2D eigenvalue weighted by molar-refractivity contribution is 5.08. The van der Waals surface area contributed by atoms with Crippen molar-refractivity contribution in [3.8, 4) is 11.8 Å². The van der Waals surface area contributed by atoms with Gasteiger partial charge in [-0.25, -0.2) is 0 Å². The van der Waals surface area contributed by atoms with E-state index in [2.05, 4.69) is 30.6 Å². The van der Waals surface area contributed by atoms with Crippen molar-refractivity contribution in [2.24, 2.45) is 0 Å². The van der Waals surface area contributed by atoms with E-state index < -0.39 is 0 Å². The van der Waals surface area contributed by atoms with Crippen molar-refractivity contribution in [2.45, 2.75) is 32.2 Å². The Balaban J connectivity index is 2.36. The molecule has 1 aliphatic rings. The van der Waals surface area contributed by atoms with Gasteiger partial charge in [-0.1, -0.05) is 12.3 Å². The second-order valence-electron chi connectivity index (χ2n) is 3.09. The molecular weight excluding hydrogens is 134 g/mol. The molecule has 0 aromatic heterocycles. The van der Waals surface area contributed by atoms with E-state index in [1.807, 2.05) is 0 Å². The lowest BCUT2D eigenvalue weighted by Crippen LogP contribution is -2.36. The molecule has 0 spiro atoms. The van der Waals surface area contributed by atoms with E-state index >= 15 is 0 Å². The quantitative estimate of drug-likeness (QED) is 0.514. The maximum absolute atomic E-state index is 3.53. The Kier molecular flexibility index (Phi) is 3.45. The van der Waals surface area contributed by atoms with Crippen LogP contribution < -0.4 is 0 Å². The van der Waals surface area contributed by atoms with E-state index in [4.69, 9.17) is 0 Å². The molecule has 0 saturated carbocycles. The fourth-order valence-electron chi connectivity index (χ4n) is 1.54. The molecule has 1 atom stereocenters. The third-order valence-electron chi connectivity index (χ3n) is 2.25. The standard InChI is InChI=1S/C10H16N/c1-3-7-10(2)11-8-5-4-6-9-11/h10H,1,4-6,8-9H2,2H3. The normalized spacial score (nSPS) is 22.0. The summed E-state index contributed by atoms with van der Waals surface area (Å²) in [6.07, 6.45) is 4.06. The highest BCUT2D eigenvalue weighted by Crippen LogP contribution is 2.10. The molecule has 1 radical (unpaired) electrons. The molecule has 0 aromatic rings. The number of rotatable bonds is 1. The van der Waals surface area contributed by atoms with Crippen molar-refractivity contribution in [3.05, 3.63) is 6.92 Å². The summed E-state index contributed by atoms with van der Waals surface area (Å²) in [6, 6.07) is 0.410. The lowest BCUT2D eigenvalue weighted by atomic mass is 10.1. The molecule has 1 fully saturated rings. The number of nitrogens with zero attached hydrogens (tertiary/aromatic N) is 1. The van der Waals surface area contributed by atoms with Crippen LogP contribution in [0.3, 0.4) is 0 Å². The largest absolute Gasteiger partial charge is 0.290 e. The second kappa shape index (κ2) is 4.41. The molecule has 1 heteroatoms. The lowest BCUT2D eigenvalue weighted by molar-refractivity contribution is 0.206. The van der Waals surface area contributed by atoms with Crippen molar-refractivity contribution >= 4 is 0 Å². The third kappa shape index (κ3) is 2.55. The van der Waals surface area contributed by atoms with Gasteiger partial charge in [0.25, 0.3) is 0 Å². The lowest BCUT2D eigenvalue weighted by Gasteiger charge is -2.29. The fraction of sp³-hybridized carbons (Fsp3) is 0.700. The van der Waals surface area contributed by atoms with Crippen LogP contribution >= 0.6 is 0 Å². The van der Waals surface area contributed by atoms with Crippen LogP contribution in [0.5, 0.6) is 0 Å². The van der Waals surface area contributed by atoms with Crippen LogP contribution in [0, 0.1) is 18.8 Å². The van der Waals surface area contributed by atoms with Crippen LogP contribution in [0.25, 0.3) is 0 Å². The van der Waals surface area contributed by atoms with Gasteiger partial charge < -0.3 is 0 Å². The van der Waals surface area contributed by atoms with Crippen LogP contribution in [-0.4, -0.2) is 24.0 Å². The minimum absolute atomic E-state index is 0.410. The van der Waals surface area contributed by atoms with Gasteiger partial charge >= 0.3 is 0 Å². The SMILES string of the molecule is [CH2]C#CC(C)N1CCCCC1. The van der Waals surface area contributed by atoms with Gasteiger partial charge in [-0.05, 0) is 32.9 Å². The van der Waals surface area contributed by atoms with Gasteiger partial charge in [-0.2, -0.15) is 0 Å². The fourth-order valence-corrected chi connectivity index (χ4v) is 1.54. The third-order valence-corrected chi connectivity index (χ3v) is 2.25. The van der Waals surface area contributed by atoms with E-state index in [0.29, 0.717) is 6.04 Å². The molecule has 0 aliphatic carbocycles. The van der Waals surface area contributed by atoms with E-state index in [1.165, 1.54) is 32.4 Å². The van der Waals surface area contributed by atoms with E-state index in [9.17, 15) is 0 Å². The highest BCUT2D eigenvalue weighted by Gasteiger charge is 2.13. The molecule has 1 aliphatic heterocycles. The van der Waals surface area contributed by atoms with Gasteiger partial charge in [0.2, 0.25) is 0 Å². The van der Waals surface area contributed by atoms with Crippen LogP contribution in [0.1, 0.15) is 26.2 Å². The molecule has 61 valence electrons. The minimum Gasteiger partial charge on any atom is -0.290 e. The number of likely N-dealkylation sites (tertiary alicyclic amines) is 1. The summed E-state index contributed by atoms with van der Waals surface area (Å²) in [4.78, 5) is 2.43. The summed E-state index contributed by atoms with van der Waals surface area (Å²) in [5.41, 5.74) is 0. The Morgan fingerprint density at radius 3 is 2.45 bits per heavy atom. The van der Waals surface area contributed by atoms with Gasteiger partial charge in [0, 0.05) is 6.92 Å². The van der Waals surface area contributed by atoms with Gasteiger partial charge in [0.1, 0.15) is 0 Å². The molecular formula is C10H16N. The average molecular weight is 150 g/mol. The van der Waals surface area contributed by atoms with Crippen LogP contribution in [-0.2, 0) is 0 Å². The van der Waals surface area contributed by atoms with E-state index in [-0.39, 0.29) is 0 Å². The first-order chi connectivity index (χ1) is 5.34. The van der Waals surface area contributed by atoms with Gasteiger partial charge in [-0.15, -0.1) is 5.92 Å². The predicted molar refractivity (Wildman–Crippen MR) is 48.0 cm³/mol. The topological polar surface area (TPSA) is 3.24 Å². The maximum Gasteiger partial charge on any atom is 0.0685 e. The van der Waals surface area contributed by atoms with Crippen molar-refractivity contribution < 1.29 is 0 Å². The zero-order valence-corrected chi connectivity index (χ0v) is 7.27. The predicted octanol–water partition coefficient (Wildman–Crippen LogP) is 1.70. The molecule has 1 unspecified atom stereocenters. The zero-order valence-electron chi connectivity index (χ0n) is 7.27. The minimum atomic E-state index is 0.410. The molecule has 11 heavy (non-hydrogen) atoms. The van der Waals surface area contributed by atoms with Crippen LogP contribution in [0.4, 0.5) is 0 Å². The smallest absolute Gasteiger partial charge is 0.0685 e. The van der Waals surface area contributed by atoms with Crippen molar-refractivity contribution in [3.63, 3.8) is 0 Å². The van der Waals surface area contributed by atoms with Gasteiger partial charge in [-0.3, -0.25) is 4.90 Å². The molecule has 1 heterocycles. The first-order valence-corrected chi connectivity index (χ1v) is 4.36. The first kappa shape index (κ1) is 8.62. The monoisotopic (exact) mass is 150 g/mol. The van der Waals surface area contributed by atoms with Crippen molar-refractivity contribution in [2.75, 3.05) is 13.1 Å². The summed E-state index contributed by atoms with van der Waals surface area (Å²) in [5, 5.41) is 0. The summed E-state index contributed by atoms with van der Waals surface area (Å²) < 4.78 is 0. The second-order valence-corrected chi connectivity index (χ2v) is 3.09. The Bertz CT molecular complexity index is 157. The summed E-state index contributed by atoms with van der Waals surface area (Å²) in [5.74, 6) is 5.80. The Labute approximate surface area is 69.8 Å². The molecule has 0 bridgehead atoms. The Hall–Kier alpha value is -0.480. The van der Waals surface area contributed by atoms with Crippen LogP contribution in [0.15, 0.2) is 0 Å². The number of piperidine rings is 1. The maximum atomic E-state index is 3.53. The highest BCUT2D eigenvalue weighted by atomic mass is 15.1. The summed E-state index contributed by atoms with van der Waals surface area (Å²) in [6.45, 7) is 8.13. The Morgan fingerprint density at radius 1 is 1.27 bits per heavy atom. The molecule has 1 saturated heterocycles. The number of hydrogen-bond acceptors (Lipinski definition) is 1. The van der Waals surface area contributed by atoms with Crippen molar-refractivity contribution in [1.82, 2.24) is 4.90 Å². The molecule has 0 N–H and O–H groups in total. The summed E-state index contributed by atoms with van der Waals surface area (Å²) >= 11 is 0. The van der Waals surface area contributed by atoms with Gasteiger partial charge in [0.05, 0.1) is 6.04 Å². The zero-order chi connectivity index (χ0) is 8.10. The molecule has 0 aromatic carbocycles. The molecule has 1 rings (SSSR count). The van der Waals surface area contributed by atoms with Crippen molar-refractivity contribution in [1.29, 1.82) is 0 Å². The van der Waals surface area contributed by atoms with E-state index in [1.54, 1.807) is 0 Å². The van der Waals surface area contributed by atoms with Gasteiger partial charge in [0.15, 0.2) is 0 Å². The van der Waals surface area contributed by atoms with E-state index in [0.717, 1.165) is 0 Å². The average Bonchev–Trinajstić information content (AvgIpc) is 2.07. The molecule has 1 nitrogen and oxygen atoms in total. The summed E-state index contributed by atoms with van der Waals surface area (Å²) in [7, 11) is 0. The van der Waals surface area contributed by atoms with Crippen LogP contribution in [0.2, 0.25) is 0 Å². The number of hydrogen-bond donors (Lipinski definition) is 0. The Morgan fingerprint density at radius 2 is 1.91 bits per heavy atom. The molecule has 0 amide bonds. The first-order valence-electron chi connectivity index (χ1n) is 4.36.